The molecule has 6 nitrogen and oxygen atoms in total. The minimum Gasteiger partial charge on any atom is -0.493 e. The third-order valence-corrected chi connectivity index (χ3v) is 4.89. The first kappa shape index (κ1) is 15.2. The first-order valence-electron chi connectivity index (χ1n) is 8.70. The van der Waals surface area contributed by atoms with E-state index in [1.54, 1.807) is 0 Å². The number of ether oxygens (including phenoxy) is 1. The van der Waals surface area contributed by atoms with Crippen LogP contribution in [0.25, 0.3) is 0 Å². The SMILES string of the molecule is O=C(NCc1nnc2n1CCCC2)C1CCOc2ccccc2C1. The summed E-state index contributed by atoms with van der Waals surface area (Å²) in [5.41, 5.74) is 1.11. The number of nitrogens with one attached hydrogen (secondary N) is 1. The molecule has 2 aliphatic rings. The predicted octanol–water partition coefficient (Wildman–Crippen LogP) is 1.87. The molecule has 0 saturated carbocycles. The number of amides is 1. The molecule has 0 spiro atoms. The zero-order valence-electron chi connectivity index (χ0n) is 13.7. The highest BCUT2D eigenvalue weighted by Gasteiger charge is 2.24. The van der Waals surface area contributed by atoms with Crippen molar-refractivity contribution >= 4 is 5.91 Å². The van der Waals surface area contributed by atoms with Crippen molar-refractivity contribution in [3.05, 3.63) is 41.5 Å². The summed E-state index contributed by atoms with van der Waals surface area (Å²) in [5.74, 6) is 2.82. The van der Waals surface area contributed by atoms with E-state index in [-0.39, 0.29) is 11.8 Å². The topological polar surface area (TPSA) is 69.0 Å². The minimum absolute atomic E-state index is 0.0580. The van der Waals surface area contributed by atoms with Crippen molar-refractivity contribution in [1.29, 1.82) is 0 Å². The first-order chi connectivity index (χ1) is 11.8. The Hall–Kier alpha value is -2.37. The van der Waals surface area contributed by atoms with Crippen molar-refractivity contribution in [2.75, 3.05) is 6.61 Å². The van der Waals surface area contributed by atoms with E-state index in [1.807, 2.05) is 24.3 Å². The predicted molar refractivity (Wildman–Crippen MR) is 88.6 cm³/mol. The van der Waals surface area contributed by atoms with Gasteiger partial charge in [0.05, 0.1) is 13.2 Å². The van der Waals surface area contributed by atoms with E-state index in [0.717, 1.165) is 55.2 Å². The van der Waals surface area contributed by atoms with E-state index in [2.05, 4.69) is 20.1 Å². The number of rotatable bonds is 3. The largest absolute Gasteiger partial charge is 0.493 e. The summed E-state index contributed by atoms with van der Waals surface area (Å²) in [7, 11) is 0. The molecule has 1 unspecified atom stereocenters. The number of carbonyl (C=O) groups is 1. The molecule has 2 aromatic rings. The molecule has 1 atom stereocenters. The summed E-state index contributed by atoms with van der Waals surface area (Å²) in [4.78, 5) is 12.6. The van der Waals surface area contributed by atoms with Crippen LogP contribution in [-0.2, 0) is 30.7 Å². The first-order valence-corrected chi connectivity index (χ1v) is 8.70. The highest BCUT2D eigenvalue weighted by Crippen LogP contribution is 2.26. The van der Waals surface area contributed by atoms with Gasteiger partial charge in [-0.2, -0.15) is 0 Å². The molecule has 2 aliphatic heterocycles. The fraction of sp³-hybridized carbons (Fsp3) is 0.500. The second-order valence-corrected chi connectivity index (χ2v) is 6.50. The van der Waals surface area contributed by atoms with Crippen LogP contribution in [-0.4, -0.2) is 27.3 Å². The van der Waals surface area contributed by atoms with Gasteiger partial charge >= 0.3 is 0 Å². The van der Waals surface area contributed by atoms with E-state index in [0.29, 0.717) is 13.2 Å². The number of hydrogen-bond acceptors (Lipinski definition) is 4. The number of hydrogen-bond donors (Lipinski definition) is 1. The molecular formula is C18H22N4O2. The highest BCUT2D eigenvalue weighted by molar-refractivity contribution is 5.79. The molecule has 4 rings (SSSR count). The Bertz CT molecular complexity index is 740. The summed E-state index contributed by atoms with van der Waals surface area (Å²) in [6.07, 6.45) is 4.77. The van der Waals surface area contributed by atoms with Crippen molar-refractivity contribution in [3.8, 4) is 5.75 Å². The van der Waals surface area contributed by atoms with Crippen LogP contribution in [0.3, 0.4) is 0 Å². The molecule has 1 N–H and O–H groups in total. The van der Waals surface area contributed by atoms with Gasteiger partial charge in [0.1, 0.15) is 11.6 Å². The lowest BCUT2D eigenvalue weighted by Crippen LogP contribution is -2.33. The molecule has 1 amide bonds. The number of aromatic nitrogens is 3. The second-order valence-electron chi connectivity index (χ2n) is 6.50. The zero-order valence-corrected chi connectivity index (χ0v) is 13.7. The fourth-order valence-corrected chi connectivity index (χ4v) is 3.53. The molecule has 0 saturated heterocycles. The zero-order chi connectivity index (χ0) is 16.4. The summed E-state index contributed by atoms with van der Waals surface area (Å²) < 4.78 is 7.90. The Morgan fingerprint density at radius 1 is 1.29 bits per heavy atom. The lowest BCUT2D eigenvalue weighted by Gasteiger charge is -2.16. The van der Waals surface area contributed by atoms with Gasteiger partial charge in [0.25, 0.3) is 0 Å². The van der Waals surface area contributed by atoms with E-state index in [1.165, 1.54) is 6.42 Å². The van der Waals surface area contributed by atoms with Crippen molar-refractivity contribution in [3.63, 3.8) is 0 Å². The lowest BCUT2D eigenvalue weighted by molar-refractivity contribution is -0.125. The summed E-state index contributed by atoms with van der Waals surface area (Å²) in [5, 5.41) is 11.5. The Kier molecular flexibility index (Phi) is 4.19. The van der Waals surface area contributed by atoms with E-state index in [9.17, 15) is 4.79 Å². The van der Waals surface area contributed by atoms with Gasteiger partial charge in [0.2, 0.25) is 5.91 Å². The van der Waals surface area contributed by atoms with Crippen LogP contribution in [0.5, 0.6) is 5.75 Å². The van der Waals surface area contributed by atoms with Gasteiger partial charge in [-0.25, -0.2) is 0 Å². The number of para-hydroxylation sites is 1. The van der Waals surface area contributed by atoms with Crippen molar-refractivity contribution in [2.24, 2.45) is 5.92 Å². The van der Waals surface area contributed by atoms with Gasteiger partial charge in [0, 0.05) is 18.9 Å². The van der Waals surface area contributed by atoms with Gasteiger partial charge in [-0.3, -0.25) is 4.79 Å². The summed E-state index contributed by atoms with van der Waals surface area (Å²) in [6, 6.07) is 7.96. The average Bonchev–Trinajstić information content (AvgIpc) is 2.90. The molecule has 0 radical (unpaired) electrons. The standard InChI is InChI=1S/C18H22N4O2/c23-18(14-8-10-24-15-6-2-1-5-13(15)11-14)19-12-17-21-20-16-7-3-4-9-22(16)17/h1-2,5-6,14H,3-4,7-12H2,(H,19,23). The quantitative estimate of drug-likeness (QED) is 0.935. The van der Waals surface area contributed by atoms with E-state index in [4.69, 9.17) is 4.74 Å². The maximum atomic E-state index is 12.6. The fourth-order valence-electron chi connectivity index (χ4n) is 3.53. The number of fused-ring (bicyclic) bond motifs is 2. The summed E-state index contributed by atoms with van der Waals surface area (Å²) in [6.45, 7) is 1.98. The molecular weight excluding hydrogens is 304 g/mol. The summed E-state index contributed by atoms with van der Waals surface area (Å²) >= 11 is 0. The molecule has 3 heterocycles. The number of carbonyl (C=O) groups excluding carboxylic acids is 1. The normalized spacial score (nSPS) is 19.6. The monoisotopic (exact) mass is 326 g/mol. The van der Waals surface area contributed by atoms with Crippen molar-refractivity contribution in [1.82, 2.24) is 20.1 Å². The van der Waals surface area contributed by atoms with Crippen LogP contribution in [0.2, 0.25) is 0 Å². The molecule has 6 heteroatoms. The van der Waals surface area contributed by atoms with Crippen LogP contribution in [0.15, 0.2) is 24.3 Å². The average molecular weight is 326 g/mol. The van der Waals surface area contributed by atoms with Crippen LogP contribution in [0.1, 0.15) is 36.5 Å². The molecule has 0 aliphatic carbocycles. The van der Waals surface area contributed by atoms with Crippen LogP contribution >= 0.6 is 0 Å². The third-order valence-electron chi connectivity index (χ3n) is 4.89. The molecule has 1 aromatic carbocycles. The Balaban J connectivity index is 1.40. The van der Waals surface area contributed by atoms with Crippen LogP contribution in [0, 0.1) is 5.92 Å². The van der Waals surface area contributed by atoms with Crippen molar-refractivity contribution < 1.29 is 9.53 Å². The van der Waals surface area contributed by atoms with Gasteiger partial charge < -0.3 is 14.6 Å². The molecule has 0 bridgehead atoms. The smallest absolute Gasteiger partial charge is 0.223 e. The maximum Gasteiger partial charge on any atom is 0.223 e. The number of nitrogens with zero attached hydrogens (tertiary/aromatic N) is 3. The molecule has 0 fully saturated rings. The Labute approximate surface area is 141 Å². The highest BCUT2D eigenvalue weighted by atomic mass is 16.5. The maximum absolute atomic E-state index is 12.6. The van der Waals surface area contributed by atoms with Gasteiger partial charge in [-0.05, 0) is 37.3 Å². The Morgan fingerprint density at radius 2 is 2.21 bits per heavy atom. The molecule has 126 valence electrons. The van der Waals surface area contributed by atoms with Gasteiger partial charge in [0.15, 0.2) is 5.82 Å². The third kappa shape index (κ3) is 3.00. The van der Waals surface area contributed by atoms with E-state index < -0.39 is 0 Å². The Morgan fingerprint density at radius 3 is 3.17 bits per heavy atom. The number of aryl methyl sites for hydroxylation is 1. The van der Waals surface area contributed by atoms with Crippen molar-refractivity contribution in [2.45, 2.75) is 45.2 Å². The van der Waals surface area contributed by atoms with Gasteiger partial charge in [-0.15, -0.1) is 10.2 Å². The van der Waals surface area contributed by atoms with E-state index >= 15 is 0 Å². The lowest BCUT2D eigenvalue weighted by atomic mass is 9.96. The molecule has 24 heavy (non-hydrogen) atoms. The molecule has 1 aromatic heterocycles. The second kappa shape index (κ2) is 6.63. The van der Waals surface area contributed by atoms with Gasteiger partial charge in [-0.1, -0.05) is 18.2 Å². The minimum atomic E-state index is -0.0580. The van der Waals surface area contributed by atoms with Crippen LogP contribution in [0.4, 0.5) is 0 Å². The van der Waals surface area contributed by atoms with Crippen LogP contribution < -0.4 is 10.1 Å². The number of benzene rings is 1.